The van der Waals surface area contributed by atoms with Gasteiger partial charge in [0.15, 0.2) is 11.5 Å². The molecule has 0 atom stereocenters. The molecule has 3 rings (SSSR count). The molecule has 1 aliphatic rings. The van der Waals surface area contributed by atoms with Gasteiger partial charge in [0.05, 0.1) is 14.2 Å². The quantitative estimate of drug-likeness (QED) is 0.619. The monoisotopic (exact) mass is 442 g/mol. The van der Waals surface area contributed by atoms with E-state index in [1.165, 1.54) is 50.6 Å². The highest BCUT2D eigenvalue weighted by atomic mass is 32.2. The van der Waals surface area contributed by atoms with Gasteiger partial charge in [0.25, 0.3) is 5.91 Å². The van der Waals surface area contributed by atoms with Crippen molar-refractivity contribution in [3.05, 3.63) is 42.0 Å². The number of hydrogen-bond donors (Lipinski definition) is 2. The Morgan fingerprint density at radius 3 is 2.30 bits per heavy atom. The number of benzene rings is 2. The molecular formula is C19H20F2N2O6S. The number of carbonyl (C=O) groups is 1. The van der Waals surface area contributed by atoms with Crippen LogP contribution in [-0.4, -0.2) is 41.2 Å². The van der Waals surface area contributed by atoms with E-state index in [0.717, 1.165) is 12.8 Å². The van der Waals surface area contributed by atoms with E-state index in [9.17, 15) is 22.0 Å². The van der Waals surface area contributed by atoms with E-state index in [4.69, 9.17) is 9.47 Å². The maximum absolute atomic E-state index is 12.6. The van der Waals surface area contributed by atoms with Gasteiger partial charge in [-0.05, 0) is 43.2 Å². The molecule has 11 heteroatoms. The van der Waals surface area contributed by atoms with E-state index >= 15 is 0 Å². The van der Waals surface area contributed by atoms with Crippen molar-refractivity contribution < 1.29 is 36.2 Å². The van der Waals surface area contributed by atoms with E-state index in [-0.39, 0.29) is 39.4 Å². The molecule has 0 heterocycles. The first kappa shape index (κ1) is 21.8. The first-order chi connectivity index (χ1) is 14.2. The van der Waals surface area contributed by atoms with Gasteiger partial charge in [-0.15, -0.1) is 0 Å². The number of sulfonamides is 1. The van der Waals surface area contributed by atoms with Crippen LogP contribution < -0.4 is 24.2 Å². The van der Waals surface area contributed by atoms with Crippen LogP contribution in [-0.2, 0) is 10.0 Å². The Morgan fingerprint density at radius 2 is 1.70 bits per heavy atom. The third kappa shape index (κ3) is 5.16. The van der Waals surface area contributed by atoms with Crippen LogP contribution in [0.3, 0.4) is 0 Å². The fourth-order valence-electron chi connectivity index (χ4n) is 2.66. The van der Waals surface area contributed by atoms with Crippen molar-refractivity contribution in [1.82, 2.24) is 4.72 Å². The molecule has 0 radical (unpaired) electrons. The predicted octanol–water partition coefficient (Wildman–Crippen LogP) is 3.00. The normalized spacial score (nSPS) is 13.8. The lowest BCUT2D eigenvalue weighted by Gasteiger charge is -2.14. The van der Waals surface area contributed by atoms with Gasteiger partial charge in [-0.2, -0.15) is 8.78 Å². The highest BCUT2D eigenvalue weighted by Gasteiger charge is 2.30. The largest absolute Gasteiger partial charge is 0.495 e. The summed E-state index contributed by atoms with van der Waals surface area (Å²) in [6, 6.07) is 7.81. The predicted molar refractivity (Wildman–Crippen MR) is 104 cm³/mol. The molecule has 30 heavy (non-hydrogen) atoms. The van der Waals surface area contributed by atoms with E-state index in [2.05, 4.69) is 14.8 Å². The summed E-state index contributed by atoms with van der Waals surface area (Å²) >= 11 is 0. The molecule has 1 fully saturated rings. The van der Waals surface area contributed by atoms with Crippen LogP contribution in [0.15, 0.2) is 41.3 Å². The summed E-state index contributed by atoms with van der Waals surface area (Å²) in [6.45, 7) is -3.07. The second-order valence-electron chi connectivity index (χ2n) is 6.46. The lowest BCUT2D eigenvalue weighted by atomic mass is 10.2. The fraction of sp³-hybridized carbons (Fsp3) is 0.316. The van der Waals surface area contributed by atoms with E-state index < -0.39 is 22.5 Å². The van der Waals surface area contributed by atoms with Crippen molar-refractivity contribution in [2.24, 2.45) is 0 Å². The number of rotatable bonds is 9. The molecule has 1 saturated carbocycles. The van der Waals surface area contributed by atoms with Crippen LogP contribution in [0.4, 0.5) is 14.5 Å². The van der Waals surface area contributed by atoms with E-state index in [1.54, 1.807) is 0 Å². The number of carbonyl (C=O) groups excluding carboxylic acids is 1. The van der Waals surface area contributed by atoms with Crippen LogP contribution in [0.5, 0.6) is 17.2 Å². The molecule has 162 valence electrons. The molecule has 0 unspecified atom stereocenters. The maximum atomic E-state index is 12.6. The summed E-state index contributed by atoms with van der Waals surface area (Å²) in [5.41, 5.74) is 0.201. The Morgan fingerprint density at radius 1 is 1.03 bits per heavy atom. The first-order valence-electron chi connectivity index (χ1n) is 8.88. The van der Waals surface area contributed by atoms with Crippen molar-refractivity contribution >= 4 is 21.6 Å². The van der Waals surface area contributed by atoms with Crippen molar-refractivity contribution in [3.8, 4) is 17.2 Å². The van der Waals surface area contributed by atoms with Gasteiger partial charge in [-0.1, -0.05) is 0 Å². The number of ether oxygens (including phenoxy) is 3. The van der Waals surface area contributed by atoms with Crippen molar-refractivity contribution in [3.63, 3.8) is 0 Å². The number of amides is 1. The van der Waals surface area contributed by atoms with Crippen LogP contribution in [0.2, 0.25) is 0 Å². The Kier molecular flexibility index (Phi) is 6.42. The minimum Gasteiger partial charge on any atom is -0.495 e. The lowest BCUT2D eigenvalue weighted by molar-refractivity contribution is -0.0511. The molecule has 2 N–H and O–H groups in total. The van der Waals surface area contributed by atoms with Gasteiger partial charge >= 0.3 is 6.61 Å². The molecule has 1 amide bonds. The fourth-order valence-corrected chi connectivity index (χ4v) is 4.16. The first-order valence-corrected chi connectivity index (χ1v) is 10.4. The average molecular weight is 442 g/mol. The van der Waals surface area contributed by atoms with Gasteiger partial charge in [-0.25, -0.2) is 13.1 Å². The maximum Gasteiger partial charge on any atom is 0.387 e. The highest BCUT2D eigenvalue weighted by Crippen LogP contribution is 2.32. The molecular weight excluding hydrogens is 422 g/mol. The van der Waals surface area contributed by atoms with Crippen molar-refractivity contribution in [1.29, 1.82) is 0 Å². The van der Waals surface area contributed by atoms with Crippen LogP contribution in [0, 0.1) is 0 Å². The molecule has 2 aromatic rings. The van der Waals surface area contributed by atoms with Crippen molar-refractivity contribution in [2.75, 3.05) is 19.5 Å². The molecule has 0 aromatic heterocycles. The molecule has 2 aromatic carbocycles. The number of anilines is 1. The van der Waals surface area contributed by atoms with Gasteiger partial charge in [0.1, 0.15) is 10.6 Å². The number of methoxy groups -OCH3 is 2. The summed E-state index contributed by atoms with van der Waals surface area (Å²) in [4.78, 5) is 12.5. The number of alkyl halides is 2. The molecule has 0 saturated heterocycles. The Hall–Kier alpha value is -2.92. The molecule has 0 aliphatic heterocycles. The van der Waals surface area contributed by atoms with Gasteiger partial charge in [-0.3, -0.25) is 4.79 Å². The molecule has 8 nitrogen and oxygen atoms in total. The third-order valence-electron chi connectivity index (χ3n) is 4.25. The van der Waals surface area contributed by atoms with Crippen LogP contribution >= 0.6 is 0 Å². The zero-order valence-electron chi connectivity index (χ0n) is 16.1. The average Bonchev–Trinajstić information content (AvgIpc) is 3.50. The van der Waals surface area contributed by atoms with E-state index in [1.807, 2.05) is 0 Å². The SMILES string of the molecule is COc1ccc(NC(=O)c2ccc(OC)c(S(=O)(=O)NC3CC3)c2)cc1OC(F)F. The summed E-state index contributed by atoms with van der Waals surface area (Å²) in [5.74, 6) is -0.736. The minimum absolute atomic E-state index is 0.0408. The number of hydrogen-bond acceptors (Lipinski definition) is 6. The Balaban J connectivity index is 1.86. The second-order valence-corrected chi connectivity index (χ2v) is 8.14. The number of nitrogens with one attached hydrogen (secondary N) is 2. The lowest BCUT2D eigenvalue weighted by Crippen LogP contribution is -2.26. The summed E-state index contributed by atoms with van der Waals surface area (Å²) < 4.78 is 67.3. The number of halogens is 2. The zero-order valence-corrected chi connectivity index (χ0v) is 17.0. The molecule has 0 spiro atoms. The van der Waals surface area contributed by atoms with Gasteiger partial charge in [0.2, 0.25) is 10.0 Å². The standard InChI is InChI=1S/C19H20F2N2O6S/c1-27-14-8-6-13(10-16(14)29-19(20)21)22-18(24)11-3-7-15(28-2)17(9-11)30(25,26)23-12-4-5-12/h3,6-10,12,19,23H,4-5H2,1-2H3,(H,22,24). The zero-order chi connectivity index (χ0) is 21.9. The highest BCUT2D eigenvalue weighted by molar-refractivity contribution is 7.89. The van der Waals surface area contributed by atoms with Crippen LogP contribution in [0.25, 0.3) is 0 Å². The van der Waals surface area contributed by atoms with Crippen LogP contribution in [0.1, 0.15) is 23.2 Å². The van der Waals surface area contributed by atoms with Crippen molar-refractivity contribution in [2.45, 2.75) is 30.4 Å². The molecule has 0 bridgehead atoms. The molecule has 1 aliphatic carbocycles. The topological polar surface area (TPSA) is 103 Å². The Labute approximate surface area is 172 Å². The van der Waals surface area contributed by atoms with Gasteiger partial charge < -0.3 is 19.5 Å². The van der Waals surface area contributed by atoms with Gasteiger partial charge in [0, 0.05) is 23.4 Å². The summed E-state index contributed by atoms with van der Waals surface area (Å²) in [6.07, 6.45) is 1.50. The Bertz CT molecular complexity index is 1040. The smallest absolute Gasteiger partial charge is 0.387 e. The summed E-state index contributed by atoms with van der Waals surface area (Å²) in [7, 11) is -1.25. The second kappa shape index (κ2) is 8.84. The summed E-state index contributed by atoms with van der Waals surface area (Å²) in [5, 5.41) is 2.52. The third-order valence-corrected chi connectivity index (χ3v) is 5.79. The minimum atomic E-state index is -3.87. The van der Waals surface area contributed by atoms with E-state index in [0.29, 0.717) is 0 Å².